The molecular weight excluding hydrogens is 530 g/mol. The van der Waals surface area contributed by atoms with Crippen LogP contribution >= 0.6 is 0 Å². The van der Waals surface area contributed by atoms with Gasteiger partial charge in [-0.25, -0.2) is 18.1 Å². The second-order valence-corrected chi connectivity index (χ2v) is 15.0. The number of nitrogens with one attached hydrogen (secondary N) is 1. The summed E-state index contributed by atoms with van der Waals surface area (Å²) in [5.74, 6) is 1.93. The zero-order chi connectivity index (χ0) is 28.8. The molecule has 3 aromatic rings. The van der Waals surface area contributed by atoms with Crippen LogP contribution in [-0.4, -0.2) is 25.0 Å². The van der Waals surface area contributed by atoms with E-state index in [0.29, 0.717) is 35.4 Å². The van der Waals surface area contributed by atoms with Crippen LogP contribution < -0.4 is 9.46 Å². The van der Waals surface area contributed by atoms with Gasteiger partial charge in [-0.15, -0.1) is 0 Å². The van der Waals surface area contributed by atoms with Gasteiger partial charge < -0.3 is 4.74 Å². The van der Waals surface area contributed by atoms with Crippen molar-refractivity contribution in [2.24, 2.45) is 23.2 Å². The fourth-order valence-corrected chi connectivity index (χ4v) is 9.02. The normalized spacial score (nSPS) is 23.5. The van der Waals surface area contributed by atoms with Gasteiger partial charge in [-0.1, -0.05) is 63.4 Å². The molecule has 6 nitrogen and oxygen atoms in total. The van der Waals surface area contributed by atoms with Gasteiger partial charge in [0.2, 0.25) is 11.8 Å². The lowest BCUT2D eigenvalue weighted by atomic mass is 9.51. The highest BCUT2D eigenvalue weighted by Gasteiger charge is 2.49. The molecule has 0 amide bonds. The number of nitrogens with zero attached hydrogens (tertiary/aromatic N) is 2. The van der Waals surface area contributed by atoms with E-state index in [0.717, 1.165) is 28.7 Å². The predicted octanol–water partition coefficient (Wildman–Crippen LogP) is 8.06. The summed E-state index contributed by atoms with van der Waals surface area (Å²) in [7, 11) is -3.90. The molecule has 218 valence electrons. The average molecular weight is 574 g/mol. The topological polar surface area (TPSA) is 81.2 Å². The molecular formula is C34H43N3O3S. The highest BCUT2D eigenvalue weighted by Crippen LogP contribution is 2.60. The quantitative estimate of drug-likeness (QED) is 0.341. The maximum atomic E-state index is 13.7. The van der Waals surface area contributed by atoms with Gasteiger partial charge in [0.25, 0.3) is 10.0 Å². The fourth-order valence-electron chi connectivity index (χ4n) is 8.02. The molecule has 1 N–H and O–H groups in total. The minimum absolute atomic E-state index is 0.0290. The maximum Gasteiger partial charge on any atom is 0.264 e. The number of rotatable bonds is 4. The lowest BCUT2D eigenvalue weighted by Gasteiger charge is -2.54. The Morgan fingerprint density at radius 2 is 1.68 bits per heavy atom. The van der Waals surface area contributed by atoms with E-state index in [1.165, 1.54) is 44.9 Å². The lowest BCUT2D eigenvalue weighted by molar-refractivity contribution is -0.0166. The van der Waals surface area contributed by atoms with Crippen LogP contribution in [0, 0.1) is 37.0 Å². The van der Waals surface area contributed by atoms with Gasteiger partial charge in [-0.2, -0.15) is 4.98 Å². The first-order chi connectivity index (χ1) is 19.6. The molecule has 1 unspecified atom stereocenters. The first-order valence-electron chi connectivity index (χ1n) is 15.3. The van der Waals surface area contributed by atoms with E-state index < -0.39 is 10.0 Å². The third kappa shape index (κ3) is 5.75. The zero-order valence-corrected chi connectivity index (χ0v) is 25.6. The number of anilines is 1. The summed E-state index contributed by atoms with van der Waals surface area (Å²) in [5.41, 5.74) is 5.36. The van der Waals surface area contributed by atoms with Gasteiger partial charge >= 0.3 is 0 Å². The van der Waals surface area contributed by atoms with Crippen LogP contribution in [0.15, 0.2) is 53.4 Å². The molecule has 2 aliphatic carbocycles. The average Bonchev–Trinajstić information content (AvgIpc) is 2.90. The molecule has 1 aliphatic heterocycles. The molecule has 2 atom stereocenters. The molecule has 3 aliphatic rings. The summed E-state index contributed by atoms with van der Waals surface area (Å²) < 4.78 is 36.6. The highest BCUT2D eigenvalue weighted by atomic mass is 32.2. The Labute approximate surface area is 245 Å². The molecule has 2 fully saturated rings. The first kappa shape index (κ1) is 28.2. The second kappa shape index (κ2) is 11.0. The summed E-state index contributed by atoms with van der Waals surface area (Å²) in [5, 5.41) is 0. The maximum absolute atomic E-state index is 13.7. The van der Waals surface area contributed by atoms with Gasteiger partial charge in [0.1, 0.15) is 0 Å². The van der Waals surface area contributed by atoms with Crippen molar-refractivity contribution in [2.75, 3.05) is 11.3 Å². The first-order valence-corrected chi connectivity index (χ1v) is 16.8. The standard InChI is InChI=1S/C34H43N3O3S/c1-22(2)16-26-21-40-30-18-29(31-23(3)10-8-11-24(31)4)35-33(36-30)37-41(38,39)28-13-9-12-25(17-28)32(26)27-19-34(20-27)14-6-5-7-15-34/h8-13,17-18,22,26-27,32H,5-7,14-16,19-21H2,1-4H3,(H,35,36,37)/t26-,32?/m1/s1. The van der Waals surface area contributed by atoms with Crippen LogP contribution in [0.2, 0.25) is 0 Å². The number of aromatic nitrogens is 2. The van der Waals surface area contributed by atoms with E-state index in [4.69, 9.17) is 4.74 Å². The number of hydrogen-bond donors (Lipinski definition) is 1. The van der Waals surface area contributed by atoms with Gasteiger partial charge in [0, 0.05) is 17.5 Å². The molecule has 0 saturated heterocycles. The van der Waals surface area contributed by atoms with E-state index >= 15 is 0 Å². The lowest BCUT2D eigenvalue weighted by Crippen LogP contribution is -2.44. The van der Waals surface area contributed by atoms with E-state index in [-0.39, 0.29) is 22.7 Å². The van der Waals surface area contributed by atoms with E-state index in [1.54, 1.807) is 6.07 Å². The second-order valence-electron chi connectivity index (χ2n) is 13.3. The molecule has 2 saturated carbocycles. The molecule has 4 bridgehead atoms. The minimum Gasteiger partial charge on any atom is -0.477 e. The number of fused-ring (bicyclic) bond motifs is 4. The number of aryl methyl sites for hydroxylation is 2. The number of ether oxygens (including phenoxy) is 1. The van der Waals surface area contributed by atoms with Crippen molar-refractivity contribution < 1.29 is 13.2 Å². The van der Waals surface area contributed by atoms with Crippen molar-refractivity contribution in [3.05, 3.63) is 65.2 Å². The molecule has 2 heterocycles. The zero-order valence-electron chi connectivity index (χ0n) is 24.8. The van der Waals surface area contributed by atoms with Crippen LogP contribution in [0.3, 0.4) is 0 Å². The summed E-state index contributed by atoms with van der Waals surface area (Å²) in [6.45, 7) is 9.15. The number of sulfonamides is 1. The summed E-state index contributed by atoms with van der Waals surface area (Å²) >= 11 is 0. The Morgan fingerprint density at radius 3 is 2.39 bits per heavy atom. The monoisotopic (exact) mass is 573 g/mol. The summed E-state index contributed by atoms with van der Waals surface area (Å²) in [6.07, 6.45) is 10.2. The highest BCUT2D eigenvalue weighted by molar-refractivity contribution is 7.92. The van der Waals surface area contributed by atoms with Crippen LogP contribution in [0.1, 0.15) is 87.8 Å². The SMILES string of the molecule is Cc1cccc(C)c1-c1cc2nc(n1)NS(=O)(=O)c1cccc(c1)C(C1CC3(CCCCC3)C1)[C@H](CC(C)C)CO2. The van der Waals surface area contributed by atoms with Gasteiger partial charge in [0.15, 0.2) is 0 Å². The van der Waals surface area contributed by atoms with Gasteiger partial charge in [-0.05, 0) is 97.9 Å². The van der Waals surface area contributed by atoms with Crippen molar-refractivity contribution in [1.29, 1.82) is 0 Å². The van der Waals surface area contributed by atoms with E-state index in [1.807, 2.05) is 50.2 Å². The van der Waals surface area contributed by atoms with Crippen molar-refractivity contribution in [3.63, 3.8) is 0 Å². The number of benzene rings is 2. The van der Waals surface area contributed by atoms with E-state index in [9.17, 15) is 8.42 Å². The van der Waals surface area contributed by atoms with Crippen LogP contribution in [-0.2, 0) is 10.0 Å². The van der Waals surface area contributed by atoms with Crippen molar-refractivity contribution >= 4 is 16.0 Å². The largest absolute Gasteiger partial charge is 0.477 e. The molecule has 1 aromatic heterocycles. The molecule has 7 heteroatoms. The van der Waals surface area contributed by atoms with Gasteiger partial charge in [0.05, 0.1) is 17.2 Å². The Hall–Kier alpha value is -2.93. The summed E-state index contributed by atoms with van der Waals surface area (Å²) in [6, 6.07) is 15.6. The van der Waals surface area contributed by atoms with Crippen LogP contribution in [0.4, 0.5) is 5.95 Å². The Bertz CT molecular complexity index is 1500. The van der Waals surface area contributed by atoms with Crippen molar-refractivity contribution in [1.82, 2.24) is 9.97 Å². The molecule has 6 rings (SSSR count). The molecule has 41 heavy (non-hydrogen) atoms. The molecule has 2 aromatic carbocycles. The Kier molecular flexibility index (Phi) is 7.60. The van der Waals surface area contributed by atoms with Crippen molar-refractivity contribution in [3.8, 4) is 17.1 Å². The third-order valence-electron chi connectivity index (χ3n) is 9.76. The Morgan fingerprint density at radius 1 is 0.976 bits per heavy atom. The number of hydrogen-bond acceptors (Lipinski definition) is 5. The van der Waals surface area contributed by atoms with Crippen LogP contribution in [0.5, 0.6) is 5.88 Å². The third-order valence-corrected chi connectivity index (χ3v) is 11.1. The smallest absolute Gasteiger partial charge is 0.264 e. The predicted molar refractivity (Wildman–Crippen MR) is 164 cm³/mol. The van der Waals surface area contributed by atoms with E-state index in [2.05, 4.69) is 34.6 Å². The molecule has 0 radical (unpaired) electrons. The molecule has 1 spiro atoms. The van der Waals surface area contributed by atoms with Crippen molar-refractivity contribution in [2.45, 2.75) is 89.9 Å². The van der Waals surface area contributed by atoms with Crippen LogP contribution in [0.25, 0.3) is 11.3 Å². The Balaban J connectivity index is 1.43. The van der Waals surface area contributed by atoms with Gasteiger partial charge in [-0.3, -0.25) is 0 Å². The minimum atomic E-state index is -3.90. The fraction of sp³-hybridized carbons (Fsp3) is 0.529. The summed E-state index contributed by atoms with van der Waals surface area (Å²) in [4.78, 5) is 9.47.